The maximum Gasteiger partial charge on any atom is 0.408 e. The highest BCUT2D eigenvalue weighted by molar-refractivity contribution is 5.90. The van der Waals surface area contributed by atoms with E-state index in [0.717, 1.165) is 11.1 Å². The second-order valence-electron chi connectivity index (χ2n) is 8.35. The molecule has 0 unspecified atom stereocenters. The Kier molecular flexibility index (Phi) is 9.20. The average Bonchev–Trinajstić information content (AvgIpc) is 2.86. The highest BCUT2D eigenvalue weighted by Gasteiger charge is 2.36. The van der Waals surface area contributed by atoms with Gasteiger partial charge in [-0.2, -0.15) is 0 Å². The second-order valence-corrected chi connectivity index (χ2v) is 8.35. The van der Waals surface area contributed by atoms with E-state index in [4.69, 9.17) is 9.47 Å². The molecule has 0 bridgehead atoms. The monoisotopic (exact) mass is 466 g/mol. The Morgan fingerprint density at radius 1 is 0.971 bits per heavy atom. The minimum absolute atomic E-state index is 0.0569. The number of carbonyl (C=O) groups excluding carboxylic acids is 4. The van der Waals surface area contributed by atoms with E-state index in [-0.39, 0.29) is 31.1 Å². The maximum absolute atomic E-state index is 13.2. The lowest BCUT2D eigenvalue weighted by Gasteiger charge is -2.29. The Morgan fingerprint density at radius 2 is 1.62 bits per heavy atom. The lowest BCUT2D eigenvalue weighted by Crippen LogP contribution is -2.55. The van der Waals surface area contributed by atoms with Gasteiger partial charge in [-0.1, -0.05) is 60.7 Å². The van der Waals surface area contributed by atoms with Crippen LogP contribution in [-0.2, 0) is 36.9 Å². The molecule has 3 rings (SSSR count). The van der Waals surface area contributed by atoms with Crippen LogP contribution in [-0.4, -0.2) is 42.9 Å². The van der Waals surface area contributed by atoms with E-state index in [1.165, 1.54) is 7.11 Å². The number of hydrogen-bond donors (Lipinski definition) is 2. The van der Waals surface area contributed by atoms with E-state index in [1.54, 1.807) is 0 Å². The lowest BCUT2D eigenvalue weighted by molar-refractivity contribution is -0.147. The van der Waals surface area contributed by atoms with E-state index < -0.39 is 30.1 Å². The number of methoxy groups -OCH3 is 1. The molecule has 34 heavy (non-hydrogen) atoms. The van der Waals surface area contributed by atoms with Crippen LogP contribution in [0.15, 0.2) is 60.7 Å². The van der Waals surface area contributed by atoms with Crippen molar-refractivity contribution in [3.8, 4) is 0 Å². The standard InChI is InChI=1S/C26H30N2O6/c1-33-25(31)23(20-13-8-14-21(29)16-20)28-24(30)22(15-18-9-4-2-5-10-18)27-26(32)34-17-19-11-6-3-7-12-19/h2-7,9-12,20,22-23H,8,13-17H2,1H3,(H,27,32)(H,28,30)/t20-,22+,23-/m0/s1. The van der Waals surface area contributed by atoms with E-state index in [9.17, 15) is 19.2 Å². The van der Waals surface area contributed by atoms with Gasteiger partial charge in [-0.05, 0) is 29.9 Å². The first kappa shape index (κ1) is 25.0. The molecule has 2 aromatic carbocycles. The molecule has 0 radical (unpaired) electrons. The molecule has 0 spiro atoms. The molecule has 1 aliphatic carbocycles. The quantitative estimate of drug-likeness (QED) is 0.550. The third-order valence-electron chi connectivity index (χ3n) is 5.85. The Balaban J connectivity index is 1.71. The summed E-state index contributed by atoms with van der Waals surface area (Å²) in [6, 6.07) is 16.4. The van der Waals surface area contributed by atoms with Crippen molar-refractivity contribution >= 4 is 23.8 Å². The van der Waals surface area contributed by atoms with Crippen molar-refractivity contribution in [2.75, 3.05) is 7.11 Å². The van der Waals surface area contributed by atoms with Crippen LogP contribution in [0.3, 0.4) is 0 Å². The van der Waals surface area contributed by atoms with E-state index in [0.29, 0.717) is 19.3 Å². The fourth-order valence-electron chi connectivity index (χ4n) is 4.06. The first-order valence-electron chi connectivity index (χ1n) is 11.4. The Labute approximate surface area is 199 Å². The fraction of sp³-hybridized carbons (Fsp3) is 0.385. The lowest BCUT2D eigenvalue weighted by atomic mass is 9.83. The molecule has 0 aliphatic heterocycles. The summed E-state index contributed by atoms with van der Waals surface area (Å²) in [4.78, 5) is 50.1. The summed E-state index contributed by atoms with van der Waals surface area (Å²) in [6.45, 7) is 0.0569. The highest BCUT2D eigenvalue weighted by atomic mass is 16.5. The number of ether oxygens (including phenoxy) is 2. The molecule has 1 aliphatic rings. The van der Waals surface area contributed by atoms with Gasteiger partial charge >= 0.3 is 12.1 Å². The van der Waals surface area contributed by atoms with Gasteiger partial charge < -0.3 is 20.1 Å². The Morgan fingerprint density at radius 3 is 2.24 bits per heavy atom. The van der Waals surface area contributed by atoms with Crippen LogP contribution in [0.2, 0.25) is 0 Å². The van der Waals surface area contributed by atoms with Gasteiger partial charge in [0, 0.05) is 19.3 Å². The number of Topliss-reactive ketones (excluding diaryl/α,β-unsaturated/α-hetero) is 1. The fourth-order valence-corrected chi connectivity index (χ4v) is 4.06. The van der Waals surface area contributed by atoms with Crippen molar-refractivity contribution in [1.29, 1.82) is 0 Å². The maximum atomic E-state index is 13.2. The number of ketones is 1. The smallest absolute Gasteiger partial charge is 0.408 e. The van der Waals surface area contributed by atoms with Gasteiger partial charge in [-0.25, -0.2) is 9.59 Å². The Hall–Kier alpha value is -3.68. The number of nitrogens with one attached hydrogen (secondary N) is 2. The van der Waals surface area contributed by atoms with Crippen molar-refractivity contribution in [2.24, 2.45) is 5.92 Å². The van der Waals surface area contributed by atoms with Gasteiger partial charge in [0.25, 0.3) is 0 Å². The Bertz CT molecular complexity index is 979. The molecule has 0 aromatic heterocycles. The van der Waals surface area contributed by atoms with E-state index in [2.05, 4.69) is 10.6 Å². The van der Waals surface area contributed by atoms with Gasteiger partial charge in [-0.15, -0.1) is 0 Å². The molecular weight excluding hydrogens is 436 g/mol. The van der Waals surface area contributed by atoms with Crippen LogP contribution < -0.4 is 10.6 Å². The minimum Gasteiger partial charge on any atom is -0.467 e. The summed E-state index contributed by atoms with van der Waals surface area (Å²) in [7, 11) is 1.24. The predicted molar refractivity (Wildman–Crippen MR) is 125 cm³/mol. The first-order valence-corrected chi connectivity index (χ1v) is 11.4. The van der Waals surface area contributed by atoms with Gasteiger partial charge in [0.05, 0.1) is 7.11 Å². The predicted octanol–water partition coefficient (Wildman–Crippen LogP) is 2.94. The summed E-state index contributed by atoms with van der Waals surface area (Å²) in [6.07, 6.45) is 1.42. The number of alkyl carbamates (subject to hydrolysis) is 1. The number of benzene rings is 2. The molecule has 0 saturated heterocycles. The van der Waals surface area contributed by atoms with Crippen LogP contribution in [0.4, 0.5) is 4.79 Å². The highest BCUT2D eigenvalue weighted by Crippen LogP contribution is 2.25. The third-order valence-corrected chi connectivity index (χ3v) is 5.85. The largest absolute Gasteiger partial charge is 0.467 e. The zero-order valence-electron chi connectivity index (χ0n) is 19.2. The van der Waals surface area contributed by atoms with Gasteiger partial charge in [0.2, 0.25) is 5.91 Å². The van der Waals surface area contributed by atoms with Crippen molar-refractivity contribution in [3.63, 3.8) is 0 Å². The summed E-state index contributed by atoms with van der Waals surface area (Å²) in [5.74, 6) is -1.45. The van der Waals surface area contributed by atoms with E-state index in [1.807, 2.05) is 60.7 Å². The first-order chi connectivity index (χ1) is 16.5. The van der Waals surface area contributed by atoms with Crippen molar-refractivity contribution in [1.82, 2.24) is 10.6 Å². The zero-order valence-corrected chi connectivity index (χ0v) is 19.2. The molecular formula is C26H30N2O6. The molecule has 2 amide bonds. The third kappa shape index (κ3) is 7.43. The number of amides is 2. The number of hydrogen-bond acceptors (Lipinski definition) is 6. The number of rotatable bonds is 9. The summed E-state index contributed by atoms with van der Waals surface area (Å²) < 4.78 is 10.2. The van der Waals surface area contributed by atoms with Crippen LogP contribution in [0.1, 0.15) is 36.8 Å². The number of esters is 1. The second kappa shape index (κ2) is 12.5. The van der Waals surface area contributed by atoms with Gasteiger partial charge in [0.1, 0.15) is 24.5 Å². The van der Waals surface area contributed by atoms with Crippen LogP contribution in [0, 0.1) is 5.92 Å². The van der Waals surface area contributed by atoms with Crippen molar-refractivity contribution in [2.45, 2.75) is 50.8 Å². The molecule has 180 valence electrons. The SMILES string of the molecule is COC(=O)[C@@H](NC(=O)[C@@H](Cc1ccccc1)NC(=O)OCc1ccccc1)[C@H]1CCCC(=O)C1. The van der Waals surface area contributed by atoms with Crippen LogP contribution in [0.5, 0.6) is 0 Å². The molecule has 8 nitrogen and oxygen atoms in total. The van der Waals surface area contributed by atoms with Crippen LogP contribution >= 0.6 is 0 Å². The topological polar surface area (TPSA) is 111 Å². The minimum atomic E-state index is -0.989. The van der Waals surface area contributed by atoms with E-state index >= 15 is 0 Å². The molecule has 1 fully saturated rings. The molecule has 2 N–H and O–H groups in total. The molecule has 1 saturated carbocycles. The summed E-state index contributed by atoms with van der Waals surface area (Å²) >= 11 is 0. The zero-order chi connectivity index (χ0) is 24.3. The normalized spacial score (nSPS) is 17.2. The molecule has 2 aromatic rings. The van der Waals surface area contributed by atoms with Crippen molar-refractivity contribution < 1.29 is 28.7 Å². The average molecular weight is 467 g/mol. The van der Waals surface area contributed by atoms with Gasteiger partial charge in [-0.3, -0.25) is 9.59 Å². The van der Waals surface area contributed by atoms with Crippen LogP contribution in [0.25, 0.3) is 0 Å². The van der Waals surface area contributed by atoms with Crippen molar-refractivity contribution in [3.05, 3.63) is 71.8 Å². The van der Waals surface area contributed by atoms with Gasteiger partial charge in [0.15, 0.2) is 0 Å². The molecule has 8 heteroatoms. The molecule has 3 atom stereocenters. The summed E-state index contributed by atoms with van der Waals surface area (Å²) in [5, 5.41) is 5.34. The summed E-state index contributed by atoms with van der Waals surface area (Å²) in [5.41, 5.74) is 1.64. The molecule has 0 heterocycles. The number of carbonyl (C=O) groups is 4.